The fourth-order valence-electron chi connectivity index (χ4n) is 3.79. The largest absolute Gasteiger partial charge is 0.475 e. The fourth-order valence-corrected chi connectivity index (χ4v) is 3.79. The normalized spacial score (nSPS) is 16.1. The molecule has 1 aliphatic rings. The number of para-hydroxylation sites is 1. The molecule has 1 aliphatic heterocycles. The van der Waals surface area contributed by atoms with Gasteiger partial charge in [-0.25, -0.2) is 0 Å². The Morgan fingerprint density at radius 1 is 1.28 bits per heavy atom. The first-order valence-electron chi connectivity index (χ1n) is 9.58. The van der Waals surface area contributed by atoms with Gasteiger partial charge < -0.3 is 15.4 Å². The van der Waals surface area contributed by atoms with Gasteiger partial charge in [0.25, 0.3) is 5.91 Å². The molecule has 0 saturated heterocycles. The van der Waals surface area contributed by atoms with Gasteiger partial charge in [0.15, 0.2) is 0 Å². The van der Waals surface area contributed by atoms with Gasteiger partial charge in [-0.05, 0) is 49.1 Å². The molecule has 0 aliphatic carbocycles. The van der Waals surface area contributed by atoms with E-state index in [1.54, 1.807) is 6.07 Å². The molecule has 150 valence electrons. The summed E-state index contributed by atoms with van der Waals surface area (Å²) < 4.78 is 0. The molecule has 0 spiro atoms. The van der Waals surface area contributed by atoms with Gasteiger partial charge in [-0.1, -0.05) is 48.5 Å². The van der Waals surface area contributed by atoms with Crippen LogP contribution in [0.1, 0.15) is 22.3 Å². The maximum atomic E-state index is 13.0. The minimum Gasteiger partial charge on any atom is -0.426 e. The predicted octanol–water partition coefficient (Wildman–Crippen LogP) is 1.49. The Morgan fingerprint density at radius 3 is 2.66 bits per heavy atom. The first kappa shape index (κ1) is 20.8. The molecule has 2 atom stereocenters. The summed E-state index contributed by atoms with van der Waals surface area (Å²) in [5, 5.41) is 22.4. The van der Waals surface area contributed by atoms with Crippen LogP contribution >= 0.6 is 0 Å². The topological polar surface area (TPSA) is 89.9 Å². The standard InChI is InChI=1S/C22H25BN2O4/c1-4-21(26)25-18-8-6-5-7-17(18)12-19(25)22(27)24-20(23(28)29)13-16-10-9-14(2)11-15(16)3/h4-11,19-20,28-29H,1,12-13H2,2-3H3,(H,24,27)/t19?,20-/m0/s1. The summed E-state index contributed by atoms with van der Waals surface area (Å²) >= 11 is 0. The number of benzene rings is 2. The number of carbonyl (C=O) groups excluding carboxylic acids is 2. The van der Waals surface area contributed by atoms with E-state index in [1.807, 2.05) is 50.2 Å². The molecule has 0 saturated carbocycles. The second kappa shape index (κ2) is 8.63. The van der Waals surface area contributed by atoms with Crippen LogP contribution in [0.4, 0.5) is 5.69 Å². The third-order valence-electron chi connectivity index (χ3n) is 5.32. The highest BCUT2D eigenvalue weighted by molar-refractivity contribution is 6.43. The van der Waals surface area contributed by atoms with E-state index >= 15 is 0 Å². The van der Waals surface area contributed by atoms with Crippen LogP contribution < -0.4 is 10.2 Å². The van der Waals surface area contributed by atoms with Crippen LogP contribution in [0.15, 0.2) is 55.1 Å². The second-order valence-electron chi connectivity index (χ2n) is 7.42. The van der Waals surface area contributed by atoms with Gasteiger partial charge in [-0.15, -0.1) is 0 Å². The third kappa shape index (κ3) is 4.41. The lowest BCUT2D eigenvalue weighted by Crippen LogP contribution is -2.55. The highest BCUT2D eigenvalue weighted by Gasteiger charge is 2.39. The van der Waals surface area contributed by atoms with Crippen molar-refractivity contribution in [3.05, 3.63) is 77.4 Å². The zero-order valence-electron chi connectivity index (χ0n) is 16.6. The molecule has 0 aromatic heterocycles. The number of hydrogen-bond donors (Lipinski definition) is 3. The molecular formula is C22H25BN2O4. The van der Waals surface area contributed by atoms with Crippen molar-refractivity contribution in [2.75, 3.05) is 4.90 Å². The van der Waals surface area contributed by atoms with E-state index in [0.717, 1.165) is 22.3 Å². The first-order valence-corrected chi connectivity index (χ1v) is 9.58. The summed E-state index contributed by atoms with van der Waals surface area (Å²) in [4.78, 5) is 26.8. The Labute approximate surface area is 171 Å². The smallest absolute Gasteiger partial charge is 0.426 e. The Morgan fingerprint density at radius 2 is 2.00 bits per heavy atom. The van der Waals surface area contributed by atoms with Crippen LogP contribution in [0.2, 0.25) is 0 Å². The first-order chi connectivity index (χ1) is 13.8. The molecular weight excluding hydrogens is 367 g/mol. The van der Waals surface area contributed by atoms with E-state index in [9.17, 15) is 19.6 Å². The lowest BCUT2D eigenvalue weighted by Gasteiger charge is -2.26. The summed E-state index contributed by atoms with van der Waals surface area (Å²) in [6, 6.07) is 12.4. The molecule has 0 radical (unpaired) electrons. The van der Waals surface area contributed by atoms with Crippen molar-refractivity contribution in [1.29, 1.82) is 0 Å². The molecule has 7 heteroatoms. The Bertz CT molecular complexity index is 944. The molecule has 1 heterocycles. The minimum atomic E-state index is -1.73. The third-order valence-corrected chi connectivity index (χ3v) is 5.32. The molecule has 3 rings (SSSR count). The van der Waals surface area contributed by atoms with Crippen molar-refractivity contribution in [3.8, 4) is 0 Å². The lowest BCUT2D eigenvalue weighted by atomic mass is 9.75. The van der Waals surface area contributed by atoms with Crippen molar-refractivity contribution in [1.82, 2.24) is 5.32 Å². The van der Waals surface area contributed by atoms with E-state index in [2.05, 4.69) is 11.9 Å². The van der Waals surface area contributed by atoms with Gasteiger partial charge in [0.05, 0.1) is 5.94 Å². The number of fused-ring (bicyclic) bond motifs is 1. The molecule has 3 N–H and O–H groups in total. The van der Waals surface area contributed by atoms with E-state index < -0.39 is 25.0 Å². The van der Waals surface area contributed by atoms with E-state index in [0.29, 0.717) is 12.1 Å². The highest BCUT2D eigenvalue weighted by atomic mass is 16.4. The predicted molar refractivity (Wildman–Crippen MR) is 113 cm³/mol. The Kier molecular flexibility index (Phi) is 6.20. The Balaban J connectivity index is 1.81. The van der Waals surface area contributed by atoms with Crippen molar-refractivity contribution in [3.63, 3.8) is 0 Å². The summed E-state index contributed by atoms with van der Waals surface area (Å²) in [6.07, 6.45) is 1.81. The molecule has 1 unspecified atom stereocenters. The lowest BCUT2D eigenvalue weighted by molar-refractivity contribution is -0.125. The van der Waals surface area contributed by atoms with Gasteiger partial charge in [0.2, 0.25) is 5.91 Å². The highest BCUT2D eigenvalue weighted by Crippen LogP contribution is 2.32. The number of carbonyl (C=O) groups is 2. The van der Waals surface area contributed by atoms with Gasteiger partial charge in [0.1, 0.15) is 6.04 Å². The molecule has 0 fully saturated rings. The minimum absolute atomic E-state index is 0.268. The molecule has 6 nitrogen and oxygen atoms in total. The second-order valence-corrected chi connectivity index (χ2v) is 7.42. The number of hydrogen-bond acceptors (Lipinski definition) is 4. The van der Waals surface area contributed by atoms with Gasteiger partial charge >= 0.3 is 7.12 Å². The number of amides is 2. The molecule has 2 amide bonds. The van der Waals surface area contributed by atoms with Gasteiger partial charge in [0, 0.05) is 12.1 Å². The summed E-state index contributed by atoms with van der Waals surface area (Å²) in [5.74, 6) is -1.70. The molecule has 2 aromatic carbocycles. The average Bonchev–Trinajstić information content (AvgIpc) is 3.08. The van der Waals surface area contributed by atoms with Crippen LogP contribution in [0.3, 0.4) is 0 Å². The van der Waals surface area contributed by atoms with Crippen LogP contribution in [0, 0.1) is 13.8 Å². The maximum Gasteiger partial charge on any atom is 0.475 e. The van der Waals surface area contributed by atoms with Crippen LogP contribution in [-0.2, 0) is 22.4 Å². The van der Waals surface area contributed by atoms with Crippen molar-refractivity contribution in [2.45, 2.75) is 38.7 Å². The summed E-state index contributed by atoms with van der Waals surface area (Å²) in [6.45, 7) is 7.46. The zero-order valence-corrected chi connectivity index (χ0v) is 16.6. The average molecular weight is 392 g/mol. The zero-order chi connectivity index (χ0) is 21.1. The summed E-state index contributed by atoms with van der Waals surface area (Å²) in [7, 11) is -1.73. The van der Waals surface area contributed by atoms with E-state index in [1.165, 1.54) is 11.0 Å². The van der Waals surface area contributed by atoms with Gasteiger partial charge in [-0.3, -0.25) is 14.5 Å². The SMILES string of the molecule is C=CC(=O)N1c2ccccc2CC1C(=O)N[C@@H](Cc1ccc(C)cc1C)B(O)O. The van der Waals surface area contributed by atoms with E-state index in [4.69, 9.17) is 0 Å². The quantitative estimate of drug-likeness (QED) is 0.513. The summed E-state index contributed by atoms with van der Waals surface area (Å²) in [5.41, 5.74) is 4.61. The molecule has 0 bridgehead atoms. The molecule has 2 aromatic rings. The van der Waals surface area contributed by atoms with Crippen LogP contribution in [0.5, 0.6) is 0 Å². The van der Waals surface area contributed by atoms with Crippen molar-refractivity contribution in [2.24, 2.45) is 0 Å². The Hall–Kier alpha value is -2.90. The van der Waals surface area contributed by atoms with Gasteiger partial charge in [-0.2, -0.15) is 0 Å². The molecule has 29 heavy (non-hydrogen) atoms. The maximum absolute atomic E-state index is 13.0. The monoisotopic (exact) mass is 392 g/mol. The van der Waals surface area contributed by atoms with E-state index in [-0.39, 0.29) is 12.3 Å². The number of anilines is 1. The van der Waals surface area contributed by atoms with Crippen molar-refractivity contribution < 1.29 is 19.6 Å². The number of rotatable bonds is 6. The van der Waals surface area contributed by atoms with Crippen LogP contribution in [0.25, 0.3) is 0 Å². The fraction of sp³-hybridized carbons (Fsp3) is 0.273. The number of nitrogens with zero attached hydrogens (tertiary/aromatic N) is 1. The number of nitrogens with one attached hydrogen (secondary N) is 1. The van der Waals surface area contributed by atoms with Crippen LogP contribution in [-0.4, -0.2) is 41.0 Å². The van der Waals surface area contributed by atoms with Crippen molar-refractivity contribution >= 4 is 24.6 Å². The number of aryl methyl sites for hydroxylation is 2.